The number of hydrogen-bond donors (Lipinski definition) is 11. The van der Waals surface area contributed by atoms with Gasteiger partial charge in [0.25, 0.3) is 0 Å². The molecule has 23 heteroatoms. The Morgan fingerprint density at radius 2 is 1.00 bits per heavy atom. The third-order valence-electron chi connectivity index (χ3n) is 4.97. The van der Waals surface area contributed by atoms with Crippen molar-refractivity contribution in [3.05, 3.63) is 0 Å². The number of hydrogen-bond acceptors (Lipinski definition) is 16. The lowest BCUT2D eigenvalue weighted by Crippen LogP contribution is -2.59. The number of ether oxygens (including phenoxy) is 4. The molecule has 0 aromatic carbocycles. The van der Waals surface area contributed by atoms with Gasteiger partial charge in [-0.05, 0) is 6.92 Å². The summed E-state index contributed by atoms with van der Waals surface area (Å²) in [6.45, 7) is -1.51. The molecule has 0 bridgehead atoms. The van der Waals surface area contributed by atoms with Gasteiger partial charge < -0.3 is 74.3 Å². The summed E-state index contributed by atoms with van der Waals surface area (Å²) in [4.78, 5) is 55.3. The molecule has 4 unspecified atom stereocenters. The van der Waals surface area contributed by atoms with Crippen LogP contribution in [0.4, 0.5) is 0 Å². The fourth-order valence-electron chi connectivity index (χ4n) is 3.08. The number of carbonyl (C=O) groups is 2. The number of aliphatic hydroxyl groups is 6. The van der Waals surface area contributed by atoms with Crippen LogP contribution in [0.25, 0.3) is 0 Å². The molecule has 10 atom stereocenters. The Morgan fingerprint density at radius 3 is 1.30 bits per heavy atom. The summed E-state index contributed by atoms with van der Waals surface area (Å²) < 4.78 is 48.9. The van der Waals surface area contributed by atoms with E-state index in [1.165, 1.54) is 6.92 Å². The van der Waals surface area contributed by atoms with Gasteiger partial charge in [-0.3, -0.25) is 13.8 Å². The van der Waals surface area contributed by atoms with Crippen LogP contribution in [0.1, 0.15) is 6.92 Å². The van der Waals surface area contributed by atoms with Crippen LogP contribution < -0.4 is 0 Å². The van der Waals surface area contributed by atoms with Crippen LogP contribution in [0.5, 0.6) is 0 Å². The second kappa shape index (κ2) is 16.0. The average Bonchev–Trinajstić information content (AvgIpc) is 2.83. The number of rotatable bonds is 12. The summed E-state index contributed by atoms with van der Waals surface area (Å²) in [5.74, 6) is -1.71. The quantitative estimate of drug-likeness (QED) is 0.0891. The second-order valence-corrected chi connectivity index (χ2v) is 10.8. The van der Waals surface area contributed by atoms with E-state index < -0.39 is 109 Å². The van der Waals surface area contributed by atoms with Crippen molar-refractivity contribution in [1.29, 1.82) is 0 Å². The van der Waals surface area contributed by atoms with Crippen LogP contribution in [-0.2, 0) is 46.7 Å². The molecule has 2 fully saturated rings. The summed E-state index contributed by atoms with van der Waals surface area (Å²) in [7, 11) is -9.59. The summed E-state index contributed by atoms with van der Waals surface area (Å²) in [6.07, 6.45) is -15.9. The predicted molar refractivity (Wildman–Crippen MR) is 120 cm³/mol. The Hall–Kier alpha value is -1.04. The van der Waals surface area contributed by atoms with E-state index in [0.29, 0.717) is 0 Å². The van der Waals surface area contributed by atoms with Gasteiger partial charge in [0.05, 0.1) is 13.2 Å². The molecule has 2 heterocycles. The van der Waals surface area contributed by atoms with Crippen molar-refractivity contribution in [2.45, 2.75) is 68.3 Å². The van der Waals surface area contributed by atoms with E-state index in [9.17, 15) is 49.4 Å². The number of carboxylic acid groups (broad SMARTS) is 1. The molecule has 0 saturated carbocycles. The van der Waals surface area contributed by atoms with Crippen molar-refractivity contribution >= 4 is 27.4 Å². The summed E-state index contributed by atoms with van der Waals surface area (Å²) in [5.41, 5.74) is 0. The second-order valence-electron chi connectivity index (χ2n) is 8.32. The lowest BCUT2D eigenvalue weighted by molar-refractivity contribution is -0.299. The van der Waals surface area contributed by atoms with Gasteiger partial charge in [-0.1, -0.05) is 0 Å². The van der Waals surface area contributed by atoms with E-state index in [1.54, 1.807) is 0 Å². The number of aliphatic hydroxyl groups excluding tert-OH is 6. The number of carboxylic acids is 1. The van der Waals surface area contributed by atoms with E-state index >= 15 is 0 Å². The minimum Gasteiger partial charge on any atom is -0.480 e. The fraction of sp³-hybridized carbons (Fsp3) is 0.882. The zero-order valence-electron chi connectivity index (χ0n) is 20.5. The molecule has 2 aliphatic rings. The van der Waals surface area contributed by atoms with Gasteiger partial charge >= 0.3 is 21.6 Å². The normalized spacial score (nSPS) is 35.0. The molecule has 0 amide bonds. The highest BCUT2D eigenvalue weighted by molar-refractivity contribution is 7.46. The lowest BCUT2D eigenvalue weighted by Gasteiger charge is -2.39. The molecule has 2 rings (SSSR count). The number of Topliss-reactive ketones (excluding diaryl/α,β-unsaturated/α-hetero) is 1. The average molecular weight is 634 g/mol. The molecule has 40 heavy (non-hydrogen) atoms. The van der Waals surface area contributed by atoms with E-state index in [4.69, 9.17) is 38.9 Å². The zero-order chi connectivity index (χ0) is 31.0. The maximum Gasteiger partial charge on any atom is 0.469 e. The molecule has 0 spiro atoms. The van der Waals surface area contributed by atoms with Gasteiger partial charge in [0.2, 0.25) is 0 Å². The minimum absolute atomic E-state index is 0.357. The van der Waals surface area contributed by atoms with Crippen LogP contribution in [0.3, 0.4) is 0 Å². The van der Waals surface area contributed by atoms with E-state index in [0.717, 1.165) is 0 Å². The maximum atomic E-state index is 10.8. The Labute approximate surface area is 224 Å². The predicted octanol–water partition coefficient (Wildman–Crippen LogP) is -5.49. The Balaban J connectivity index is 0.000000400. The Morgan fingerprint density at radius 1 is 0.650 bits per heavy atom. The maximum absolute atomic E-state index is 10.8. The fourth-order valence-corrected chi connectivity index (χ4v) is 3.76. The smallest absolute Gasteiger partial charge is 0.469 e. The molecule has 0 aromatic rings. The lowest BCUT2D eigenvalue weighted by atomic mass is 9.99. The van der Waals surface area contributed by atoms with Crippen LogP contribution in [-0.4, -0.2) is 155 Å². The van der Waals surface area contributed by atoms with Crippen molar-refractivity contribution in [1.82, 2.24) is 0 Å². The monoisotopic (exact) mass is 634 g/mol. The van der Waals surface area contributed by atoms with Crippen molar-refractivity contribution in [2.24, 2.45) is 0 Å². The summed E-state index contributed by atoms with van der Waals surface area (Å²) in [5, 5.41) is 65.8. The van der Waals surface area contributed by atoms with Crippen LogP contribution in [0.15, 0.2) is 0 Å². The third-order valence-corrected chi connectivity index (χ3v) is 5.94. The van der Waals surface area contributed by atoms with Gasteiger partial charge in [-0.25, -0.2) is 13.9 Å². The SMILES string of the molecule is CC(=O)CO[C@H]1OC(COP(=O)(O)O)[C@@H](O)[C@H](O)C1O.O=C(O)CO[C@H]1OC(COP(=O)(O)O)[C@@H](O)[C@H](O)C1O. The topological polar surface area (TPSA) is 346 Å². The molecular formula is C17H32O21P2. The Kier molecular flexibility index (Phi) is 14.8. The standard InChI is InChI=1S/C9H17O10P.C8H15O11P/c1-4(10)2-17-9-8(13)7(12)6(11)5(19-9)3-18-20(14,15)16;9-4(10)2-17-8-7(13)6(12)5(11)3(19-8)1-18-20(14,15)16/h5-9,11-13H,2-3H2,1H3,(H2,14,15,16);3,5-8,11-13H,1-2H2,(H,9,10)(H2,14,15,16)/t5?,6-,7+,8?,9+;3?,5-,6+,7?,8+/m11/s1. The highest BCUT2D eigenvalue weighted by atomic mass is 31.2. The van der Waals surface area contributed by atoms with Crippen molar-refractivity contribution < 1.29 is 102 Å². The molecule has 11 N–H and O–H groups in total. The molecule has 2 saturated heterocycles. The molecule has 0 aromatic heterocycles. The number of phosphoric ester groups is 2. The number of aliphatic carboxylic acids is 1. The molecule has 236 valence electrons. The molecule has 0 aliphatic carbocycles. The van der Waals surface area contributed by atoms with Gasteiger partial charge in [0, 0.05) is 0 Å². The van der Waals surface area contributed by atoms with Gasteiger partial charge in [-0.2, -0.15) is 0 Å². The van der Waals surface area contributed by atoms with E-state index in [1.807, 2.05) is 0 Å². The molecule has 0 radical (unpaired) electrons. The summed E-state index contributed by atoms with van der Waals surface area (Å²) >= 11 is 0. The first-order valence-electron chi connectivity index (χ1n) is 11.0. The first-order valence-corrected chi connectivity index (χ1v) is 14.0. The van der Waals surface area contributed by atoms with Crippen molar-refractivity contribution in [3.8, 4) is 0 Å². The molecule has 21 nitrogen and oxygen atoms in total. The first kappa shape index (κ1) is 37.0. The Bertz CT molecular complexity index is 834. The third kappa shape index (κ3) is 12.9. The molecular weight excluding hydrogens is 602 g/mol. The number of ketones is 1. The summed E-state index contributed by atoms with van der Waals surface area (Å²) in [6, 6.07) is 0. The van der Waals surface area contributed by atoms with Gasteiger partial charge in [-0.15, -0.1) is 0 Å². The van der Waals surface area contributed by atoms with Crippen molar-refractivity contribution in [3.63, 3.8) is 0 Å². The number of carbonyl (C=O) groups excluding carboxylic acids is 1. The number of phosphoric acid groups is 2. The molecule has 2 aliphatic heterocycles. The van der Waals surface area contributed by atoms with Crippen LogP contribution >= 0.6 is 15.6 Å². The highest BCUT2D eigenvalue weighted by Crippen LogP contribution is 2.38. The minimum atomic E-state index is -4.81. The van der Waals surface area contributed by atoms with Gasteiger partial charge in [0.1, 0.15) is 62.0 Å². The zero-order valence-corrected chi connectivity index (χ0v) is 22.3. The van der Waals surface area contributed by atoms with Crippen LogP contribution in [0, 0.1) is 0 Å². The first-order chi connectivity index (χ1) is 18.2. The van der Waals surface area contributed by atoms with E-state index in [-0.39, 0.29) is 5.78 Å². The van der Waals surface area contributed by atoms with Gasteiger partial charge in [0.15, 0.2) is 18.4 Å². The largest absolute Gasteiger partial charge is 0.480 e. The van der Waals surface area contributed by atoms with Crippen molar-refractivity contribution in [2.75, 3.05) is 26.4 Å². The van der Waals surface area contributed by atoms with Crippen LogP contribution in [0.2, 0.25) is 0 Å². The highest BCUT2D eigenvalue weighted by Gasteiger charge is 2.46. The van der Waals surface area contributed by atoms with E-state index in [2.05, 4.69) is 13.8 Å².